The number of carbonyl (C=O) groups excluding carboxylic acids is 1. The van der Waals surface area contributed by atoms with Gasteiger partial charge in [-0.05, 0) is 36.2 Å². The van der Waals surface area contributed by atoms with Crippen LogP contribution in [0.1, 0.15) is 28.3 Å². The van der Waals surface area contributed by atoms with Crippen LogP contribution in [0.25, 0.3) is 0 Å². The molecule has 6 heteroatoms. The van der Waals surface area contributed by atoms with E-state index in [0.29, 0.717) is 17.7 Å². The molecular weight excluding hydrogens is 334 g/mol. The zero-order valence-electron chi connectivity index (χ0n) is 14.8. The predicted molar refractivity (Wildman–Crippen MR) is 96.6 cm³/mol. The zero-order valence-corrected chi connectivity index (χ0v) is 14.8. The fourth-order valence-corrected chi connectivity index (χ4v) is 3.47. The van der Waals surface area contributed by atoms with Crippen LogP contribution in [-0.2, 0) is 0 Å². The second kappa shape index (κ2) is 7.76. The number of aliphatic hydroxyl groups excluding tert-OH is 2. The summed E-state index contributed by atoms with van der Waals surface area (Å²) in [6, 6.07) is 13.7. The molecule has 0 heterocycles. The van der Waals surface area contributed by atoms with Crippen molar-refractivity contribution in [1.82, 2.24) is 5.32 Å². The Balaban J connectivity index is 1.84. The summed E-state index contributed by atoms with van der Waals surface area (Å²) >= 11 is 0. The average Bonchev–Trinajstić information content (AvgIpc) is 2.96. The number of methoxy groups -OCH3 is 2. The molecule has 138 valence electrons. The maximum atomic E-state index is 12.7. The quantitative estimate of drug-likeness (QED) is 0.758. The van der Waals surface area contributed by atoms with Crippen LogP contribution in [0.15, 0.2) is 48.5 Å². The minimum Gasteiger partial charge on any atom is -0.497 e. The van der Waals surface area contributed by atoms with E-state index in [4.69, 9.17) is 9.47 Å². The van der Waals surface area contributed by atoms with Crippen LogP contribution in [-0.4, -0.2) is 48.6 Å². The molecule has 4 atom stereocenters. The maximum Gasteiger partial charge on any atom is 0.255 e. The van der Waals surface area contributed by atoms with Crippen molar-refractivity contribution < 1.29 is 24.5 Å². The van der Waals surface area contributed by atoms with Crippen molar-refractivity contribution in [2.24, 2.45) is 0 Å². The summed E-state index contributed by atoms with van der Waals surface area (Å²) in [6.07, 6.45) is -1.57. The number of aliphatic hydroxyl groups is 2. The molecule has 3 N–H and O–H groups in total. The highest BCUT2D eigenvalue weighted by Gasteiger charge is 2.43. The number of hydrogen-bond acceptors (Lipinski definition) is 5. The van der Waals surface area contributed by atoms with Gasteiger partial charge in [-0.3, -0.25) is 4.79 Å². The Kier molecular flexibility index (Phi) is 5.44. The number of hydrogen-bond donors (Lipinski definition) is 3. The van der Waals surface area contributed by atoms with Crippen molar-refractivity contribution in [2.75, 3.05) is 14.2 Å². The molecule has 0 unspecified atom stereocenters. The second-order valence-corrected chi connectivity index (χ2v) is 6.37. The third-order valence-electron chi connectivity index (χ3n) is 4.88. The van der Waals surface area contributed by atoms with Crippen molar-refractivity contribution in [2.45, 2.75) is 30.6 Å². The van der Waals surface area contributed by atoms with Gasteiger partial charge in [0, 0.05) is 5.92 Å². The largest absolute Gasteiger partial charge is 0.497 e. The van der Waals surface area contributed by atoms with Crippen LogP contribution >= 0.6 is 0 Å². The van der Waals surface area contributed by atoms with E-state index in [1.165, 1.54) is 7.11 Å². The van der Waals surface area contributed by atoms with Crippen molar-refractivity contribution in [3.8, 4) is 11.5 Å². The summed E-state index contributed by atoms with van der Waals surface area (Å²) in [5.41, 5.74) is 1.31. The zero-order chi connectivity index (χ0) is 18.7. The summed E-state index contributed by atoms with van der Waals surface area (Å²) in [5.74, 6) is 0.630. The van der Waals surface area contributed by atoms with E-state index in [1.54, 1.807) is 31.4 Å². The molecule has 1 saturated carbocycles. The Morgan fingerprint density at radius 2 is 1.73 bits per heavy atom. The average molecular weight is 357 g/mol. The molecule has 1 amide bonds. The first-order chi connectivity index (χ1) is 12.5. The fraction of sp³-hybridized carbons (Fsp3) is 0.350. The molecular formula is C20H23NO5. The standard InChI is InChI=1S/C20H23NO5/c1-25-13-9-7-12(8-10-13)15-11-16(22)19(23)18(15)21-20(24)14-5-3-4-6-17(14)26-2/h3-10,15-16,18-19,22-23H,11H2,1-2H3,(H,21,24)/t15-,16-,18-,19-/m1/s1. The third kappa shape index (κ3) is 3.52. The fourth-order valence-electron chi connectivity index (χ4n) is 3.47. The molecule has 0 aromatic heterocycles. The Labute approximate surface area is 152 Å². The van der Waals surface area contributed by atoms with Crippen LogP contribution in [0.4, 0.5) is 0 Å². The van der Waals surface area contributed by atoms with E-state index < -0.39 is 18.2 Å². The second-order valence-electron chi connectivity index (χ2n) is 6.37. The minimum absolute atomic E-state index is 0.204. The topological polar surface area (TPSA) is 88.0 Å². The summed E-state index contributed by atoms with van der Waals surface area (Å²) in [5, 5.41) is 23.4. The molecule has 26 heavy (non-hydrogen) atoms. The van der Waals surface area contributed by atoms with Crippen LogP contribution < -0.4 is 14.8 Å². The minimum atomic E-state index is -1.04. The first-order valence-electron chi connectivity index (χ1n) is 8.49. The molecule has 0 aliphatic heterocycles. The highest BCUT2D eigenvalue weighted by molar-refractivity contribution is 5.97. The first kappa shape index (κ1) is 18.2. The lowest BCUT2D eigenvalue weighted by atomic mass is 9.93. The van der Waals surface area contributed by atoms with Crippen LogP contribution in [0.5, 0.6) is 11.5 Å². The number of benzene rings is 2. The van der Waals surface area contributed by atoms with E-state index in [1.807, 2.05) is 24.3 Å². The van der Waals surface area contributed by atoms with Crippen LogP contribution in [0, 0.1) is 0 Å². The number of amides is 1. The smallest absolute Gasteiger partial charge is 0.255 e. The number of carbonyl (C=O) groups is 1. The SMILES string of the molecule is COc1ccc([C@H]2C[C@@H](O)[C@@H](O)[C@@H]2NC(=O)c2ccccc2OC)cc1. The molecule has 3 rings (SSSR count). The molecule has 0 spiro atoms. The molecule has 1 fully saturated rings. The van der Waals surface area contributed by atoms with Crippen molar-refractivity contribution in [1.29, 1.82) is 0 Å². The predicted octanol–water partition coefficient (Wildman–Crippen LogP) is 1.71. The lowest BCUT2D eigenvalue weighted by Gasteiger charge is -2.24. The monoisotopic (exact) mass is 357 g/mol. The Morgan fingerprint density at radius 3 is 2.38 bits per heavy atom. The molecule has 2 aromatic rings. The van der Waals surface area contributed by atoms with E-state index in [2.05, 4.69) is 5.32 Å². The number of para-hydroxylation sites is 1. The molecule has 0 saturated heterocycles. The van der Waals surface area contributed by atoms with Gasteiger partial charge in [0.2, 0.25) is 0 Å². The molecule has 6 nitrogen and oxygen atoms in total. The first-order valence-corrected chi connectivity index (χ1v) is 8.49. The third-order valence-corrected chi connectivity index (χ3v) is 4.88. The Bertz CT molecular complexity index is 761. The summed E-state index contributed by atoms with van der Waals surface area (Å²) in [7, 11) is 3.09. The highest BCUT2D eigenvalue weighted by Crippen LogP contribution is 2.36. The lowest BCUT2D eigenvalue weighted by Crippen LogP contribution is -2.45. The summed E-state index contributed by atoms with van der Waals surface area (Å²) < 4.78 is 10.4. The van der Waals surface area contributed by atoms with Gasteiger partial charge in [-0.2, -0.15) is 0 Å². The molecule has 0 radical (unpaired) electrons. The van der Waals surface area contributed by atoms with Crippen LogP contribution in [0.3, 0.4) is 0 Å². The number of ether oxygens (including phenoxy) is 2. The van der Waals surface area contributed by atoms with E-state index >= 15 is 0 Å². The van der Waals surface area contributed by atoms with Gasteiger partial charge in [0.15, 0.2) is 0 Å². The lowest BCUT2D eigenvalue weighted by molar-refractivity contribution is 0.0294. The molecule has 1 aliphatic rings. The van der Waals surface area contributed by atoms with Gasteiger partial charge in [0.25, 0.3) is 5.91 Å². The van der Waals surface area contributed by atoms with E-state index in [-0.39, 0.29) is 11.8 Å². The van der Waals surface area contributed by atoms with Gasteiger partial charge < -0.3 is 25.0 Å². The van der Waals surface area contributed by atoms with Gasteiger partial charge in [-0.25, -0.2) is 0 Å². The van der Waals surface area contributed by atoms with E-state index in [0.717, 1.165) is 11.3 Å². The van der Waals surface area contributed by atoms with Gasteiger partial charge in [0.1, 0.15) is 17.6 Å². The van der Waals surface area contributed by atoms with Crippen molar-refractivity contribution in [3.63, 3.8) is 0 Å². The highest BCUT2D eigenvalue weighted by atomic mass is 16.5. The van der Waals surface area contributed by atoms with Gasteiger partial charge in [-0.15, -0.1) is 0 Å². The number of rotatable bonds is 5. The van der Waals surface area contributed by atoms with E-state index in [9.17, 15) is 15.0 Å². The molecule has 0 bridgehead atoms. The Hall–Kier alpha value is -2.57. The summed E-state index contributed by atoms with van der Waals surface area (Å²) in [4.78, 5) is 12.7. The van der Waals surface area contributed by atoms with Gasteiger partial charge in [-0.1, -0.05) is 24.3 Å². The van der Waals surface area contributed by atoms with Crippen LogP contribution in [0.2, 0.25) is 0 Å². The van der Waals surface area contributed by atoms with Gasteiger partial charge >= 0.3 is 0 Å². The molecule has 1 aliphatic carbocycles. The van der Waals surface area contributed by atoms with Crippen molar-refractivity contribution in [3.05, 3.63) is 59.7 Å². The molecule has 2 aromatic carbocycles. The maximum absolute atomic E-state index is 12.7. The number of nitrogens with one attached hydrogen (secondary N) is 1. The Morgan fingerprint density at radius 1 is 1.04 bits per heavy atom. The summed E-state index contributed by atoms with van der Waals surface area (Å²) in [6.45, 7) is 0. The normalized spacial score (nSPS) is 24.9. The van der Waals surface area contributed by atoms with Crippen molar-refractivity contribution >= 4 is 5.91 Å². The van der Waals surface area contributed by atoms with Gasteiger partial charge in [0.05, 0.1) is 31.9 Å².